The molecular formula is C17H23N3O. The third kappa shape index (κ3) is 4.46. The van der Waals surface area contributed by atoms with Crippen molar-refractivity contribution in [3.63, 3.8) is 0 Å². The van der Waals surface area contributed by atoms with Crippen LogP contribution in [0.15, 0.2) is 53.5 Å². The Morgan fingerprint density at radius 2 is 2.00 bits per heavy atom. The maximum Gasteiger partial charge on any atom is 0.250 e. The van der Waals surface area contributed by atoms with Crippen molar-refractivity contribution < 1.29 is 0 Å². The van der Waals surface area contributed by atoms with E-state index < -0.39 is 0 Å². The lowest BCUT2D eigenvalue weighted by Gasteiger charge is -2.27. The smallest absolute Gasteiger partial charge is 0.250 e. The molecule has 4 nitrogen and oxygen atoms in total. The van der Waals surface area contributed by atoms with Crippen molar-refractivity contribution in [1.29, 1.82) is 0 Å². The molecule has 0 fully saturated rings. The second-order valence-electron chi connectivity index (χ2n) is 5.54. The lowest BCUT2D eigenvalue weighted by Crippen LogP contribution is -2.35. The maximum atomic E-state index is 11.7. The topological polar surface area (TPSA) is 51.3 Å². The van der Waals surface area contributed by atoms with Crippen LogP contribution in [0.3, 0.4) is 0 Å². The summed E-state index contributed by atoms with van der Waals surface area (Å²) in [6.07, 6.45) is 1.83. The summed E-state index contributed by atoms with van der Waals surface area (Å²) in [5, 5.41) is 0. The zero-order valence-electron chi connectivity index (χ0n) is 12.7. The Morgan fingerprint density at radius 3 is 2.67 bits per heavy atom. The first-order valence-electron chi connectivity index (χ1n) is 7.30. The molecule has 0 aliphatic rings. The van der Waals surface area contributed by atoms with Crippen LogP contribution in [0.25, 0.3) is 0 Å². The van der Waals surface area contributed by atoms with Gasteiger partial charge in [-0.1, -0.05) is 18.2 Å². The van der Waals surface area contributed by atoms with Gasteiger partial charge in [0.25, 0.3) is 5.56 Å². The van der Waals surface area contributed by atoms with Gasteiger partial charge in [0.2, 0.25) is 0 Å². The van der Waals surface area contributed by atoms with Crippen molar-refractivity contribution in [2.24, 2.45) is 0 Å². The number of aromatic nitrogens is 1. The summed E-state index contributed by atoms with van der Waals surface area (Å²) in [6.45, 7) is 6.70. The highest BCUT2D eigenvalue weighted by Gasteiger charge is 2.10. The summed E-state index contributed by atoms with van der Waals surface area (Å²) in [4.78, 5) is 14.1. The average Bonchev–Trinajstić information content (AvgIpc) is 2.44. The monoisotopic (exact) mass is 285 g/mol. The summed E-state index contributed by atoms with van der Waals surface area (Å²) in [5.41, 5.74) is 7.86. The fourth-order valence-corrected chi connectivity index (χ4v) is 2.33. The Labute approximate surface area is 125 Å². The molecule has 0 amide bonds. The van der Waals surface area contributed by atoms with E-state index in [0.717, 1.165) is 18.8 Å². The summed E-state index contributed by atoms with van der Waals surface area (Å²) in [6, 6.07) is 13.6. The number of nitrogens with two attached hydrogens (primary N) is 1. The molecule has 0 aliphatic heterocycles. The van der Waals surface area contributed by atoms with Gasteiger partial charge in [-0.15, -0.1) is 0 Å². The molecule has 0 unspecified atom stereocenters. The van der Waals surface area contributed by atoms with Gasteiger partial charge in [0, 0.05) is 43.6 Å². The van der Waals surface area contributed by atoms with Crippen LogP contribution in [-0.2, 0) is 13.1 Å². The molecule has 1 heterocycles. The van der Waals surface area contributed by atoms with Crippen molar-refractivity contribution >= 4 is 5.69 Å². The number of hydrogen-bond acceptors (Lipinski definition) is 3. The van der Waals surface area contributed by atoms with Crippen molar-refractivity contribution in [2.45, 2.75) is 33.0 Å². The second kappa shape index (κ2) is 7.09. The first kappa shape index (κ1) is 15.3. The van der Waals surface area contributed by atoms with Crippen LogP contribution in [-0.4, -0.2) is 22.1 Å². The largest absolute Gasteiger partial charge is 0.399 e. The van der Waals surface area contributed by atoms with E-state index in [-0.39, 0.29) is 5.56 Å². The van der Waals surface area contributed by atoms with Crippen LogP contribution < -0.4 is 11.3 Å². The van der Waals surface area contributed by atoms with E-state index in [4.69, 9.17) is 5.73 Å². The van der Waals surface area contributed by atoms with Crippen LogP contribution in [0.2, 0.25) is 0 Å². The van der Waals surface area contributed by atoms with E-state index in [1.807, 2.05) is 30.5 Å². The van der Waals surface area contributed by atoms with Gasteiger partial charge in [-0.2, -0.15) is 0 Å². The highest BCUT2D eigenvalue weighted by Crippen LogP contribution is 2.11. The Balaban J connectivity index is 2.03. The van der Waals surface area contributed by atoms with Crippen LogP contribution >= 0.6 is 0 Å². The third-order valence-electron chi connectivity index (χ3n) is 3.59. The fraction of sp³-hybridized carbons (Fsp3) is 0.353. The molecule has 2 aromatic rings. The quantitative estimate of drug-likeness (QED) is 0.829. The highest BCUT2D eigenvalue weighted by atomic mass is 16.1. The zero-order chi connectivity index (χ0) is 15.2. The van der Waals surface area contributed by atoms with Gasteiger partial charge in [-0.25, -0.2) is 0 Å². The normalized spacial score (nSPS) is 11.2. The number of nitrogens with zero attached hydrogens (tertiary/aromatic N) is 2. The predicted octanol–water partition coefficient (Wildman–Crippen LogP) is 2.34. The van der Waals surface area contributed by atoms with E-state index in [0.29, 0.717) is 12.6 Å². The summed E-state index contributed by atoms with van der Waals surface area (Å²) >= 11 is 0. The van der Waals surface area contributed by atoms with Crippen LogP contribution in [0, 0.1) is 0 Å². The van der Waals surface area contributed by atoms with Gasteiger partial charge in [-0.05, 0) is 37.6 Å². The third-order valence-corrected chi connectivity index (χ3v) is 3.59. The molecular weight excluding hydrogens is 262 g/mol. The molecule has 0 spiro atoms. The molecule has 2 rings (SSSR count). The highest BCUT2D eigenvalue weighted by molar-refractivity contribution is 5.40. The van der Waals surface area contributed by atoms with Crippen molar-refractivity contribution in [2.75, 3.05) is 12.3 Å². The molecule has 0 radical (unpaired) electrons. The zero-order valence-corrected chi connectivity index (χ0v) is 12.7. The van der Waals surface area contributed by atoms with Crippen LogP contribution in [0.5, 0.6) is 0 Å². The summed E-state index contributed by atoms with van der Waals surface area (Å²) in [7, 11) is 0. The fourth-order valence-electron chi connectivity index (χ4n) is 2.33. The number of pyridine rings is 1. The first-order valence-corrected chi connectivity index (χ1v) is 7.30. The van der Waals surface area contributed by atoms with Crippen molar-refractivity contribution in [1.82, 2.24) is 9.47 Å². The first-order chi connectivity index (χ1) is 10.1. The molecule has 1 aromatic heterocycles. The van der Waals surface area contributed by atoms with Gasteiger partial charge >= 0.3 is 0 Å². The lowest BCUT2D eigenvalue weighted by molar-refractivity contribution is 0.203. The van der Waals surface area contributed by atoms with Gasteiger partial charge < -0.3 is 10.3 Å². The minimum atomic E-state index is 0.0464. The Hall–Kier alpha value is -2.07. The average molecular weight is 285 g/mol. The lowest BCUT2D eigenvalue weighted by atomic mass is 10.1. The molecule has 0 saturated carbocycles. The van der Waals surface area contributed by atoms with E-state index in [1.54, 1.807) is 16.7 Å². The minimum Gasteiger partial charge on any atom is -0.399 e. The maximum absolute atomic E-state index is 11.7. The Kier molecular flexibility index (Phi) is 5.17. The Bertz CT molecular complexity index is 634. The molecule has 0 aliphatic carbocycles. The van der Waals surface area contributed by atoms with Gasteiger partial charge in [0.05, 0.1) is 0 Å². The second-order valence-corrected chi connectivity index (χ2v) is 5.54. The minimum absolute atomic E-state index is 0.0464. The Morgan fingerprint density at radius 1 is 1.19 bits per heavy atom. The standard InChI is InChI=1S/C17H23N3O/c1-14(2)20(13-15-6-5-7-16(18)12-15)11-10-19-9-4-3-8-17(19)21/h3-9,12,14H,10-11,13,18H2,1-2H3. The summed E-state index contributed by atoms with van der Waals surface area (Å²) < 4.78 is 1.74. The molecule has 21 heavy (non-hydrogen) atoms. The number of hydrogen-bond donors (Lipinski definition) is 1. The number of rotatable bonds is 6. The molecule has 112 valence electrons. The van der Waals surface area contributed by atoms with Crippen molar-refractivity contribution in [3.8, 4) is 0 Å². The number of nitrogen functional groups attached to an aromatic ring is 1. The molecule has 4 heteroatoms. The van der Waals surface area contributed by atoms with E-state index in [1.165, 1.54) is 5.56 Å². The van der Waals surface area contributed by atoms with Crippen LogP contribution in [0.1, 0.15) is 19.4 Å². The van der Waals surface area contributed by atoms with E-state index in [9.17, 15) is 4.79 Å². The van der Waals surface area contributed by atoms with Gasteiger partial charge in [0.1, 0.15) is 0 Å². The predicted molar refractivity (Wildman–Crippen MR) is 87.1 cm³/mol. The molecule has 0 bridgehead atoms. The van der Waals surface area contributed by atoms with E-state index in [2.05, 4.69) is 24.8 Å². The molecule has 2 N–H and O–H groups in total. The molecule has 1 aromatic carbocycles. The molecule has 0 atom stereocenters. The summed E-state index contributed by atoms with van der Waals surface area (Å²) in [5.74, 6) is 0. The van der Waals surface area contributed by atoms with E-state index >= 15 is 0 Å². The number of anilines is 1. The van der Waals surface area contributed by atoms with Gasteiger partial charge in [0.15, 0.2) is 0 Å². The van der Waals surface area contributed by atoms with Gasteiger partial charge in [-0.3, -0.25) is 9.69 Å². The van der Waals surface area contributed by atoms with Crippen LogP contribution in [0.4, 0.5) is 5.69 Å². The number of benzene rings is 1. The SMILES string of the molecule is CC(C)N(CCn1ccccc1=O)Cc1cccc(N)c1. The molecule has 0 saturated heterocycles. The van der Waals surface area contributed by atoms with Crippen molar-refractivity contribution in [3.05, 3.63) is 64.6 Å².